The van der Waals surface area contributed by atoms with Gasteiger partial charge in [0.15, 0.2) is 5.13 Å². The van der Waals surface area contributed by atoms with E-state index in [0.717, 1.165) is 18.2 Å². The highest BCUT2D eigenvalue weighted by molar-refractivity contribution is 7.17. The average molecular weight is 283 g/mol. The summed E-state index contributed by atoms with van der Waals surface area (Å²) in [6.07, 6.45) is 4.01. The number of ketones is 1. The number of nitrogens with zero attached hydrogens (tertiary/aromatic N) is 3. The molecule has 0 unspecified atom stereocenters. The van der Waals surface area contributed by atoms with Gasteiger partial charge in [0.05, 0.1) is 22.7 Å². The lowest BCUT2D eigenvalue weighted by atomic mass is 10.1. The van der Waals surface area contributed by atoms with Crippen molar-refractivity contribution in [2.45, 2.75) is 12.8 Å². The lowest BCUT2D eigenvalue weighted by Gasteiger charge is -2.11. The molecule has 3 rings (SSSR count). The summed E-state index contributed by atoms with van der Waals surface area (Å²) >= 11 is 1.43. The maximum absolute atomic E-state index is 12.4. The molecule has 4 nitrogen and oxygen atoms in total. The van der Waals surface area contributed by atoms with Crippen LogP contribution in [-0.4, -0.2) is 23.9 Å². The zero-order valence-corrected chi connectivity index (χ0v) is 11.7. The standard InChI is InChI=1S/C15H13N3OS/c16-9-11-4-3-5-12(8-11)14(19)13-10-17-15(20-13)18-6-1-2-7-18/h3-5,8,10H,1-2,6-7H2. The van der Waals surface area contributed by atoms with Gasteiger partial charge in [-0.3, -0.25) is 4.79 Å². The Hall–Kier alpha value is -2.19. The fourth-order valence-electron chi connectivity index (χ4n) is 2.30. The number of carbonyl (C=O) groups is 1. The number of carbonyl (C=O) groups excluding carboxylic acids is 1. The van der Waals surface area contributed by atoms with E-state index in [2.05, 4.69) is 16.0 Å². The van der Waals surface area contributed by atoms with Crippen LogP contribution in [0, 0.1) is 11.3 Å². The second kappa shape index (κ2) is 5.43. The zero-order valence-electron chi connectivity index (χ0n) is 10.9. The predicted octanol–water partition coefficient (Wildman–Crippen LogP) is 2.85. The first-order valence-electron chi connectivity index (χ1n) is 6.53. The Morgan fingerprint density at radius 3 is 2.90 bits per heavy atom. The van der Waals surface area contributed by atoms with Crippen molar-refractivity contribution >= 4 is 22.3 Å². The minimum Gasteiger partial charge on any atom is -0.348 e. The third-order valence-corrected chi connectivity index (χ3v) is 4.40. The molecule has 2 aromatic rings. The fourth-order valence-corrected chi connectivity index (χ4v) is 3.23. The van der Waals surface area contributed by atoms with Crippen LogP contribution in [0.4, 0.5) is 5.13 Å². The summed E-state index contributed by atoms with van der Waals surface area (Å²) in [6, 6.07) is 8.83. The van der Waals surface area contributed by atoms with Gasteiger partial charge in [-0.2, -0.15) is 5.26 Å². The van der Waals surface area contributed by atoms with Crippen LogP contribution in [0.5, 0.6) is 0 Å². The normalized spacial score (nSPS) is 14.2. The first-order valence-corrected chi connectivity index (χ1v) is 7.35. The fraction of sp³-hybridized carbons (Fsp3) is 0.267. The van der Waals surface area contributed by atoms with Gasteiger partial charge in [0.1, 0.15) is 0 Å². The van der Waals surface area contributed by atoms with E-state index in [1.54, 1.807) is 30.5 Å². The lowest BCUT2D eigenvalue weighted by molar-refractivity contribution is 0.104. The van der Waals surface area contributed by atoms with Crippen LogP contribution in [0.15, 0.2) is 30.5 Å². The topological polar surface area (TPSA) is 57.0 Å². The first kappa shape index (κ1) is 12.8. The van der Waals surface area contributed by atoms with Crippen LogP contribution in [0.2, 0.25) is 0 Å². The molecule has 2 heterocycles. The molecule has 1 aliphatic rings. The molecule has 100 valence electrons. The SMILES string of the molecule is N#Cc1cccc(C(=O)c2cnc(N3CCCC3)s2)c1. The van der Waals surface area contributed by atoms with Crippen LogP contribution < -0.4 is 4.90 Å². The summed E-state index contributed by atoms with van der Waals surface area (Å²) in [5, 5.41) is 9.80. The van der Waals surface area contributed by atoms with Crippen molar-refractivity contribution in [2.24, 2.45) is 0 Å². The highest BCUT2D eigenvalue weighted by atomic mass is 32.1. The molecule has 1 aromatic heterocycles. The number of rotatable bonds is 3. The van der Waals surface area contributed by atoms with E-state index < -0.39 is 0 Å². The van der Waals surface area contributed by atoms with E-state index in [1.165, 1.54) is 24.2 Å². The summed E-state index contributed by atoms with van der Waals surface area (Å²) in [7, 11) is 0. The number of thiazole rings is 1. The molecule has 0 spiro atoms. The lowest BCUT2D eigenvalue weighted by Crippen LogP contribution is -2.16. The molecule has 0 atom stereocenters. The van der Waals surface area contributed by atoms with Crippen molar-refractivity contribution in [3.8, 4) is 6.07 Å². The Morgan fingerprint density at radius 2 is 2.15 bits per heavy atom. The number of benzene rings is 1. The van der Waals surface area contributed by atoms with Gasteiger partial charge in [0, 0.05) is 18.7 Å². The van der Waals surface area contributed by atoms with Crippen molar-refractivity contribution in [3.63, 3.8) is 0 Å². The third kappa shape index (κ3) is 2.43. The van der Waals surface area contributed by atoms with Crippen molar-refractivity contribution < 1.29 is 4.79 Å². The van der Waals surface area contributed by atoms with Gasteiger partial charge in [0.2, 0.25) is 5.78 Å². The minimum absolute atomic E-state index is 0.0648. The van der Waals surface area contributed by atoms with E-state index >= 15 is 0 Å². The van der Waals surface area contributed by atoms with Gasteiger partial charge in [-0.25, -0.2) is 4.98 Å². The average Bonchev–Trinajstić information content (AvgIpc) is 3.17. The molecule has 0 aliphatic carbocycles. The molecule has 1 aromatic carbocycles. The monoisotopic (exact) mass is 283 g/mol. The quantitative estimate of drug-likeness (QED) is 0.813. The highest BCUT2D eigenvalue weighted by Gasteiger charge is 2.19. The van der Waals surface area contributed by atoms with E-state index in [4.69, 9.17) is 5.26 Å². The van der Waals surface area contributed by atoms with Crippen molar-refractivity contribution in [3.05, 3.63) is 46.5 Å². The van der Waals surface area contributed by atoms with Crippen LogP contribution in [0.25, 0.3) is 0 Å². The molecular formula is C15H13N3OS. The van der Waals surface area contributed by atoms with Crippen molar-refractivity contribution in [1.29, 1.82) is 5.26 Å². The molecule has 1 fully saturated rings. The molecule has 0 radical (unpaired) electrons. The number of aromatic nitrogens is 1. The van der Waals surface area contributed by atoms with Crippen molar-refractivity contribution in [2.75, 3.05) is 18.0 Å². The molecule has 5 heteroatoms. The van der Waals surface area contributed by atoms with Gasteiger partial charge in [0.25, 0.3) is 0 Å². The van der Waals surface area contributed by atoms with E-state index in [1.807, 2.05) is 0 Å². The second-order valence-corrected chi connectivity index (χ2v) is 5.73. The van der Waals surface area contributed by atoms with Gasteiger partial charge in [-0.05, 0) is 25.0 Å². The number of hydrogen-bond acceptors (Lipinski definition) is 5. The minimum atomic E-state index is -0.0648. The number of hydrogen-bond donors (Lipinski definition) is 0. The molecule has 20 heavy (non-hydrogen) atoms. The molecular weight excluding hydrogens is 270 g/mol. The van der Waals surface area contributed by atoms with Crippen LogP contribution in [-0.2, 0) is 0 Å². The third-order valence-electron chi connectivity index (χ3n) is 3.35. The molecule has 0 N–H and O–H groups in total. The summed E-state index contributed by atoms with van der Waals surface area (Å²) in [4.78, 5) is 19.6. The van der Waals surface area contributed by atoms with Gasteiger partial charge >= 0.3 is 0 Å². The predicted molar refractivity (Wildman–Crippen MR) is 78.2 cm³/mol. The number of anilines is 1. The van der Waals surface area contributed by atoms with E-state index in [0.29, 0.717) is 16.0 Å². The van der Waals surface area contributed by atoms with Crippen LogP contribution in [0.1, 0.15) is 33.6 Å². The first-order chi connectivity index (χ1) is 9.78. The zero-order chi connectivity index (χ0) is 13.9. The Kier molecular flexibility index (Phi) is 3.48. The Balaban J connectivity index is 1.85. The molecule has 0 saturated carbocycles. The smallest absolute Gasteiger partial charge is 0.204 e. The van der Waals surface area contributed by atoms with Gasteiger partial charge in [-0.1, -0.05) is 23.5 Å². The van der Waals surface area contributed by atoms with E-state index in [9.17, 15) is 4.79 Å². The van der Waals surface area contributed by atoms with Crippen molar-refractivity contribution in [1.82, 2.24) is 4.98 Å². The van der Waals surface area contributed by atoms with Gasteiger partial charge in [-0.15, -0.1) is 0 Å². The van der Waals surface area contributed by atoms with Crippen LogP contribution >= 0.6 is 11.3 Å². The van der Waals surface area contributed by atoms with E-state index in [-0.39, 0.29) is 5.78 Å². The Morgan fingerprint density at radius 1 is 1.35 bits per heavy atom. The second-order valence-electron chi connectivity index (χ2n) is 4.72. The van der Waals surface area contributed by atoms with Crippen LogP contribution in [0.3, 0.4) is 0 Å². The summed E-state index contributed by atoms with van der Waals surface area (Å²) < 4.78 is 0. The van der Waals surface area contributed by atoms with Gasteiger partial charge < -0.3 is 4.90 Å². The largest absolute Gasteiger partial charge is 0.348 e. The maximum Gasteiger partial charge on any atom is 0.204 e. The highest BCUT2D eigenvalue weighted by Crippen LogP contribution is 2.27. The summed E-state index contributed by atoms with van der Waals surface area (Å²) in [5.41, 5.74) is 1.04. The Bertz CT molecular complexity index is 680. The summed E-state index contributed by atoms with van der Waals surface area (Å²) in [6.45, 7) is 2.04. The summed E-state index contributed by atoms with van der Waals surface area (Å²) in [5.74, 6) is -0.0648. The molecule has 0 amide bonds. The Labute approximate surface area is 121 Å². The number of nitriles is 1. The molecule has 0 bridgehead atoms. The maximum atomic E-state index is 12.4. The molecule has 1 aliphatic heterocycles. The molecule has 1 saturated heterocycles.